The van der Waals surface area contributed by atoms with Gasteiger partial charge < -0.3 is 51.9 Å². The van der Waals surface area contributed by atoms with Crippen LogP contribution in [0, 0.1) is 0 Å². The minimum atomic E-state index is -1.26. The molecule has 59 heavy (non-hydrogen) atoms. The molecule has 0 aromatic rings. The highest BCUT2D eigenvalue weighted by atomic mass is 16.4. The van der Waals surface area contributed by atoms with E-state index in [1.165, 1.54) is 33.7 Å². The molecule has 0 atom stereocenters. The van der Waals surface area contributed by atoms with Crippen LogP contribution in [0.1, 0.15) is 6.42 Å². The predicted molar refractivity (Wildman–Crippen MR) is 203 cm³/mol. The normalized spacial score (nSPS) is 11.3. The smallest absolute Gasteiger partial charge is 0.317 e. The summed E-state index contributed by atoms with van der Waals surface area (Å²) >= 11 is 0. The van der Waals surface area contributed by atoms with Gasteiger partial charge >= 0.3 is 35.8 Å². The zero-order chi connectivity index (χ0) is 44.9. The molecule has 10 N–H and O–H groups in total. The van der Waals surface area contributed by atoms with E-state index in [-0.39, 0.29) is 98.0 Å². The van der Waals surface area contributed by atoms with Gasteiger partial charge in [0.1, 0.15) is 0 Å². The van der Waals surface area contributed by atoms with Crippen molar-refractivity contribution in [2.24, 2.45) is 0 Å². The van der Waals surface area contributed by atoms with Crippen LogP contribution in [0.15, 0.2) is 0 Å². The van der Waals surface area contributed by atoms with Crippen molar-refractivity contribution in [1.29, 1.82) is 0 Å². The number of carbonyl (C=O) groups excluding carboxylic acids is 4. The largest absolute Gasteiger partial charge is 0.480 e. The van der Waals surface area contributed by atoms with E-state index in [4.69, 9.17) is 20.4 Å². The molecule has 0 saturated carbocycles. The van der Waals surface area contributed by atoms with Crippen LogP contribution in [0.3, 0.4) is 0 Å². The predicted octanol–water partition coefficient (Wildman–Crippen LogP) is -6.58. The van der Waals surface area contributed by atoms with Crippen molar-refractivity contribution in [3.05, 3.63) is 0 Å². The Morgan fingerprint density at radius 1 is 0.322 bits per heavy atom. The van der Waals surface area contributed by atoms with E-state index in [0.29, 0.717) is 0 Å². The van der Waals surface area contributed by atoms with Crippen molar-refractivity contribution in [1.82, 2.24) is 50.7 Å². The second-order valence-electron chi connectivity index (χ2n) is 13.2. The molecule has 0 heterocycles. The molecule has 0 unspecified atom stereocenters. The maximum Gasteiger partial charge on any atom is 0.317 e. The Morgan fingerprint density at radius 2 is 0.525 bits per heavy atom. The zero-order valence-electron chi connectivity index (χ0n) is 33.3. The Bertz CT molecular complexity index is 1290. The first-order valence-electron chi connectivity index (χ1n) is 18.3. The van der Waals surface area contributed by atoms with E-state index in [2.05, 4.69) is 21.3 Å². The van der Waals surface area contributed by atoms with Crippen molar-refractivity contribution < 1.29 is 78.6 Å². The first-order chi connectivity index (χ1) is 27.7. The van der Waals surface area contributed by atoms with Gasteiger partial charge in [0.15, 0.2) is 0 Å². The Balaban J connectivity index is 5.21. The van der Waals surface area contributed by atoms with Crippen LogP contribution in [0.5, 0.6) is 0 Å². The van der Waals surface area contributed by atoms with Gasteiger partial charge in [-0.15, -0.1) is 0 Å². The van der Waals surface area contributed by atoms with Crippen LogP contribution < -0.4 is 21.3 Å². The fourth-order valence-electron chi connectivity index (χ4n) is 5.30. The number of carboxylic acids is 6. The van der Waals surface area contributed by atoms with Gasteiger partial charge in [-0.1, -0.05) is 0 Å². The van der Waals surface area contributed by atoms with Crippen molar-refractivity contribution in [3.63, 3.8) is 0 Å². The van der Waals surface area contributed by atoms with Crippen molar-refractivity contribution in [2.75, 3.05) is 145 Å². The summed E-state index contributed by atoms with van der Waals surface area (Å²) in [6.45, 7) is -4.09. The summed E-state index contributed by atoms with van der Waals surface area (Å²) in [6, 6.07) is 0. The van der Waals surface area contributed by atoms with Crippen LogP contribution >= 0.6 is 0 Å². The van der Waals surface area contributed by atoms with Crippen molar-refractivity contribution >= 4 is 59.4 Å². The average Bonchev–Trinajstić information content (AvgIpc) is 3.11. The molecule has 0 radical (unpaired) electrons. The van der Waals surface area contributed by atoms with E-state index in [9.17, 15) is 58.2 Å². The lowest BCUT2D eigenvalue weighted by atomic mass is 10.3. The summed E-state index contributed by atoms with van der Waals surface area (Å²) in [7, 11) is 2.78. The Morgan fingerprint density at radius 3 is 0.763 bits per heavy atom. The highest BCUT2D eigenvalue weighted by Crippen LogP contribution is 1.99. The standard InChI is InChI=1S/C33H58N10O16/c1-34-24(44)14-40(10-6-38(18-28(48)49)8-12-42(20-30(52)53)21-31(54)55)16-26(46)36-4-3-5-37-27(47)17-41(15-25(45)35-2)11-7-39(19-29(50)51)9-13-43(22-32(56)57)23-33(58)59/h3-23H2,1-2H3,(H,34,44)(H,35,45)(H,36,46)(H,37,47)(H,48,49)(H,50,51)(H,52,53)(H,54,55)(H,56,57)(H,58,59). The van der Waals surface area contributed by atoms with Crippen LogP contribution in [0.4, 0.5) is 0 Å². The van der Waals surface area contributed by atoms with E-state index >= 15 is 0 Å². The molecule has 0 aliphatic rings. The molecule has 0 spiro atoms. The fraction of sp³-hybridized carbons (Fsp3) is 0.697. The summed E-state index contributed by atoms with van der Waals surface area (Å²) in [5, 5.41) is 65.2. The number of carbonyl (C=O) groups is 10. The van der Waals surface area contributed by atoms with Gasteiger partial charge in [-0.05, 0) is 6.42 Å². The van der Waals surface area contributed by atoms with Gasteiger partial charge in [-0.2, -0.15) is 0 Å². The van der Waals surface area contributed by atoms with E-state index < -0.39 is 98.7 Å². The molecule has 0 aromatic carbocycles. The first-order valence-corrected chi connectivity index (χ1v) is 18.3. The SMILES string of the molecule is CNC(=O)CN(CCN(CCN(CC(=O)O)CC(=O)O)CC(=O)O)CC(=O)NCCCNC(=O)CN(CCN(CCN(CC(=O)O)CC(=O)O)CC(=O)O)CC(=O)NC. The number of aliphatic carboxylic acids is 6. The van der Waals surface area contributed by atoms with Crippen LogP contribution in [-0.4, -0.2) is 264 Å². The lowest BCUT2D eigenvalue weighted by Gasteiger charge is -2.28. The lowest BCUT2D eigenvalue weighted by molar-refractivity contribution is -0.144. The Labute approximate surface area is 340 Å². The molecule has 26 nitrogen and oxygen atoms in total. The van der Waals surface area contributed by atoms with Crippen LogP contribution in [0.2, 0.25) is 0 Å². The maximum absolute atomic E-state index is 12.8. The summed E-state index contributed by atoms with van der Waals surface area (Å²) in [5.41, 5.74) is 0. The van der Waals surface area contributed by atoms with Gasteiger partial charge in [-0.3, -0.25) is 77.3 Å². The molecule has 0 aromatic heterocycles. The first kappa shape index (κ1) is 53.5. The second-order valence-corrected chi connectivity index (χ2v) is 13.2. The number of amides is 4. The third-order valence-electron chi connectivity index (χ3n) is 8.11. The molecule has 0 saturated heterocycles. The number of nitrogens with one attached hydrogen (secondary N) is 4. The van der Waals surface area contributed by atoms with E-state index in [1.807, 2.05) is 0 Å². The summed E-state index contributed by atoms with van der Waals surface area (Å²) in [4.78, 5) is 125. The highest BCUT2D eigenvalue weighted by molar-refractivity contribution is 5.82. The molecule has 4 amide bonds. The van der Waals surface area contributed by atoms with Crippen LogP contribution in [-0.2, 0) is 47.9 Å². The van der Waals surface area contributed by atoms with E-state index in [1.54, 1.807) is 0 Å². The highest BCUT2D eigenvalue weighted by Gasteiger charge is 2.21. The van der Waals surface area contributed by atoms with E-state index in [0.717, 1.165) is 9.80 Å². The van der Waals surface area contributed by atoms with Gasteiger partial charge in [0, 0.05) is 79.5 Å². The molecule has 336 valence electrons. The molecule has 0 rings (SSSR count). The topological polar surface area (TPSA) is 360 Å². The molecular formula is C33H58N10O16. The molecule has 26 heteroatoms. The quantitative estimate of drug-likeness (QED) is 0.0262. The number of likely N-dealkylation sites (N-methyl/N-ethyl adjacent to an activating group) is 2. The maximum atomic E-state index is 12.8. The summed E-state index contributed by atoms with van der Waals surface area (Å²) < 4.78 is 0. The monoisotopic (exact) mass is 850 g/mol. The lowest BCUT2D eigenvalue weighted by Crippen LogP contribution is -2.48. The number of rotatable bonds is 36. The van der Waals surface area contributed by atoms with Gasteiger partial charge in [0.25, 0.3) is 0 Å². The molecule has 0 aliphatic heterocycles. The molecule has 0 fully saturated rings. The second kappa shape index (κ2) is 30.5. The molecule has 0 bridgehead atoms. The van der Waals surface area contributed by atoms with Crippen molar-refractivity contribution in [2.45, 2.75) is 6.42 Å². The average molecular weight is 851 g/mol. The molecular weight excluding hydrogens is 792 g/mol. The number of carboxylic acid groups (broad SMARTS) is 6. The number of nitrogens with zero attached hydrogens (tertiary/aromatic N) is 6. The number of hydrogen-bond acceptors (Lipinski definition) is 16. The number of hydrogen-bond donors (Lipinski definition) is 10. The van der Waals surface area contributed by atoms with Gasteiger partial charge in [0.05, 0.1) is 65.4 Å². The fourth-order valence-corrected chi connectivity index (χ4v) is 5.30. The minimum Gasteiger partial charge on any atom is -0.480 e. The van der Waals surface area contributed by atoms with Gasteiger partial charge in [0.2, 0.25) is 23.6 Å². The summed E-state index contributed by atoms with van der Waals surface area (Å²) in [6.07, 6.45) is 0.271. The summed E-state index contributed by atoms with van der Waals surface area (Å²) in [5.74, 6) is -9.30. The van der Waals surface area contributed by atoms with Crippen molar-refractivity contribution in [3.8, 4) is 0 Å². The van der Waals surface area contributed by atoms with Crippen LogP contribution in [0.25, 0.3) is 0 Å². The van der Waals surface area contributed by atoms with Gasteiger partial charge in [-0.25, -0.2) is 0 Å². The third-order valence-corrected chi connectivity index (χ3v) is 8.11. The molecule has 0 aliphatic carbocycles. The minimum absolute atomic E-state index is 0.0173. The zero-order valence-corrected chi connectivity index (χ0v) is 33.3. The third kappa shape index (κ3) is 30.2. The Hall–Kier alpha value is -5.54. The Kier molecular flexibility index (Phi) is 27.7.